The minimum Gasteiger partial charge on any atom is -0.494 e. The van der Waals surface area contributed by atoms with E-state index < -0.39 is 0 Å². The second-order valence-corrected chi connectivity index (χ2v) is 4.73. The van der Waals surface area contributed by atoms with E-state index in [1.54, 1.807) is 18.5 Å². The minimum atomic E-state index is -0.341. The molecule has 0 amide bonds. The number of likely N-dealkylation sites (N-methyl/N-ethyl adjacent to an activating group) is 1. The zero-order valence-electron chi connectivity index (χ0n) is 11.9. The second-order valence-electron chi connectivity index (χ2n) is 4.73. The first-order valence-electron chi connectivity index (χ1n) is 6.58. The number of rotatable bonds is 5. The average Bonchev–Trinajstić information content (AvgIpc) is 2.49. The van der Waals surface area contributed by atoms with Gasteiger partial charge in [-0.1, -0.05) is 13.0 Å². The van der Waals surface area contributed by atoms with Crippen LogP contribution in [0.1, 0.15) is 30.0 Å². The van der Waals surface area contributed by atoms with E-state index in [9.17, 15) is 4.39 Å². The zero-order valence-corrected chi connectivity index (χ0v) is 11.9. The summed E-state index contributed by atoms with van der Waals surface area (Å²) in [6.45, 7) is 2.11. The van der Waals surface area contributed by atoms with E-state index in [0.29, 0.717) is 0 Å². The van der Waals surface area contributed by atoms with Crippen LogP contribution in [0.4, 0.5) is 4.39 Å². The fourth-order valence-corrected chi connectivity index (χ4v) is 2.44. The molecule has 0 aliphatic carbocycles. The summed E-state index contributed by atoms with van der Waals surface area (Å²) in [5.41, 5.74) is 2.06. The van der Waals surface area contributed by atoms with Crippen LogP contribution in [0.3, 0.4) is 0 Å². The molecule has 1 aromatic heterocycles. The van der Waals surface area contributed by atoms with Crippen LogP contribution < -0.4 is 10.1 Å². The summed E-state index contributed by atoms with van der Waals surface area (Å²) in [6.07, 6.45) is 3.54. The summed E-state index contributed by atoms with van der Waals surface area (Å²) in [7, 11) is 3.34. The van der Waals surface area contributed by atoms with Gasteiger partial charge >= 0.3 is 0 Å². The lowest BCUT2D eigenvalue weighted by atomic mass is 9.89. The van der Waals surface area contributed by atoms with Gasteiger partial charge in [0.1, 0.15) is 0 Å². The molecule has 0 aliphatic heterocycles. The Morgan fingerprint density at radius 3 is 2.40 bits per heavy atom. The molecule has 2 unspecified atom stereocenters. The summed E-state index contributed by atoms with van der Waals surface area (Å²) >= 11 is 0. The molecule has 20 heavy (non-hydrogen) atoms. The lowest BCUT2D eigenvalue weighted by Crippen LogP contribution is -2.22. The highest BCUT2D eigenvalue weighted by Gasteiger charge is 2.20. The molecule has 2 aromatic rings. The molecule has 106 valence electrons. The van der Waals surface area contributed by atoms with Crippen molar-refractivity contribution in [2.75, 3.05) is 14.2 Å². The third-order valence-corrected chi connectivity index (χ3v) is 3.58. The number of methoxy groups -OCH3 is 1. The third-order valence-electron chi connectivity index (χ3n) is 3.58. The van der Waals surface area contributed by atoms with Gasteiger partial charge in [0.05, 0.1) is 7.11 Å². The van der Waals surface area contributed by atoms with Crippen molar-refractivity contribution in [2.45, 2.75) is 18.9 Å². The molecule has 2 atom stereocenters. The van der Waals surface area contributed by atoms with Gasteiger partial charge in [0, 0.05) is 24.4 Å². The highest BCUT2D eigenvalue weighted by atomic mass is 19.1. The average molecular weight is 274 g/mol. The van der Waals surface area contributed by atoms with Crippen molar-refractivity contribution >= 4 is 0 Å². The predicted molar refractivity (Wildman–Crippen MR) is 77.4 cm³/mol. The fourth-order valence-electron chi connectivity index (χ4n) is 2.44. The Labute approximate surface area is 118 Å². The first kappa shape index (κ1) is 14.5. The van der Waals surface area contributed by atoms with E-state index in [2.05, 4.69) is 17.2 Å². The first-order valence-corrected chi connectivity index (χ1v) is 6.58. The van der Waals surface area contributed by atoms with E-state index >= 15 is 0 Å². The predicted octanol–water partition coefficient (Wildman–Crippen LogP) is 3.29. The summed E-state index contributed by atoms with van der Waals surface area (Å²) in [5.74, 6) is 0.128. The molecular formula is C16H19FN2O. The van der Waals surface area contributed by atoms with Gasteiger partial charge in [-0.3, -0.25) is 4.98 Å². The summed E-state index contributed by atoms with van der Waals surface area (Å²) in [6, 6.07) is 9.06. The first-order chi connectivity index (χ1) is 9.67. The number of halogens is 1. The van der Waals surface area contributed by atoms with Crippen LogP contribution in [0.25, 0.3) is 0 Å². The number of benzene rings is 1. The van der Waals surface area contributed by atoms with Crippen molar-refractivity contribution in [3.05, 3.63) is 59.7 Å². The van der Waals surface area contributed by atoms with E-state index in [1.807, 2.05) is 25.2 Å². The van der Waals surface area contributed by atoms with Gasteiger partial charge in [0.2, 0.25) is 0 Å². The molecule has 0 spiro atoms. The Bertz CT molecular complexity index is 560. The van der Waals surface area contributed by atoms with Gasteiger partial charge in [-0.25, -0.2) is 4.39 Å². The minimum absolute atomic E-state index is 0.0257. The van der Waals surface area contributed by atoms with E-state index in [1.165, 1.54) is 13.2 Å². The Balaban J connectivity index is 2.30. The molecule has 0 aliphatic rings. The van der Waals surface area contributed by atoms with Crippen LogP contribution >= 0.6 is 0 Å². The number of nitrogens with one attached hydrogen (secondary N) is 1. The van der Waals surface area contributed by atoms with E-state index in [0.717, 1.165) is 11.1 Å². The zero-order chi connectivity index (χ0) is 14.5. The molecule has 1 aromatic carbocycles. The van der Waals surface area contributed by atoms with Crippen molar-refractivity contribution in [1.82, 2.24) is 10.3 Å². The summed E-state index contributed by atoms with van der Waals surface area (Å²) in [4.78, 5) is 4.03. The fraction of sp³-hybridized carbons (Fsp3) is 0.312. The van der Waals surface area contributed by atoms with Gasteiger partial charge in [-0.05, 0) is 42.4 Å². The number of hydrogen-bond donors (Lipinski definition) is 1. The van der Waals surface area contributed by atoms with Crippen molar-refractivity contribution in [2.24, 2.45) is 0 Å². The molecule has 2 rings (SSSR count). The van der Waals surface area contributed by atoms with Gasteiger partial charge in [-0.2, -0.15) is 0 Å². The number of pyridine rings is 1. The Kier molecular flexibility index (Phi) is 4.69. The van der Waals surface area contributed by atoms with Crippen LogP contribution in [0.5, 0.6) is 5.75 Å². The smallest absolute Gasteiger partial charge is 0.165 e. The molecule has 0 saturated carbocycles. The SMILES string of the molecule is CNC(c1ccc(OC)c(F)c1)C(C)c1ccncc1. The number of hydrogen-bond acceptors (Lipinski definition) is 3. The number of ether oxygens (including phenoxy) is 1. The maximum atomic E-state index is 13.9. The maximum absolute atomic E-state index is 13.9. The summed E-state index contributed by atoms with van der Waals surface area (Å²) < 4.78 is 18.8. The topological polar surface area (TPSA) is 34.1 Å². The van der Waals surface area contributed by atoms with Gasteiger partial charge in [-0.15, -0.1) is 0 Å². The highest BCUT2D eigenvalue weighted by molar-refractivity contribution is 5.33. The van der Waals surface area contributed by atoms with Crippen LogP contribution in [0.15, 0.2) is 42.7 Å². The Hall–Kier alpha value is -1.94. The van der Waals surface area contributed by atoms with Crippen LogP contribution in [0.2, 0.25) is 0 Å². The lowest BCUT2D eigenvalue weighted by molar-refractivity contribution is 0.385. The number of nitrogens with zero attached hydrogens (tertiary/aromatic N) is 1. The summed E-state index contributed by atoms with van der Waals surface area (Å²) in [5, 5.41) is 3.25. The van der Waals surface area contributed by atoms with Gasteiger partial charge in [0.25, 0.3) is 0 Å². The van der Waals surface area contributed by atoms with Crippen molar-refractivity contribution in [3.63, 3.8) is 0 Å². The van der Waals surface area contributed by atoms with Gasteiger partial charge in [0.15, 0.2) is 11.6 Å². The molecule has 0 bridgehead atoms. The van der Waals surface area contributed by atoms with E-state index in [4.69, 9.17) is 4.74 Å². The van der Waals surface area contributed by atoms with Crippen LogP contribution in [-0.2, 0) is 0 Å². The maximum Gasteiger partial charge on any atom is 0.165 e. The molecule has 3 nitrogen and oxygen atoms in total. The molecule has 0 radical (unpaired) electrons. The standard InChI is InChI=1S/C16H19FN2O/c1-11(12-6-8-19-9-7-12)16(18-2)13-4-5-15(20-3)14(17)10-13/h4-11,16,18H,1-3H3. The van der Waals surface area contributed by atoms with Crippen LogP contribution in [-0.4, -0.2) is 19.1 Å². The molecular weight excluding hydrogens is 255 g/mol. The Morgan fingerprint density at radius 1 is 1.15 bits per heavy atom. The molecule has 1 heterocycles. The van der Waals surface area contributed by atoms with Gasteiger partial charge < -0.3 is 10.1 Å². The normalized spacial score (nSPS) is 13.8. The Morgan fingerprint density at radius 2 is 1.85 bits per heavy atom. The molecule has 0 saturated heterocycles. The molecule has 1 N–H and O–H groups in total. The van der Waals surface area contributed by atoms with Crippen molar-refractivity contribution in [1.29, 1.82) is 0 Å². The van der Waals surface area contributed by atoms with E-state index in [-0.39, 0.29) is 23.5 Å². The van der Waals surface area contributed by atoms with Crippen molar-refractivity contribution in [3.8, 4) is 5.75 Å². The van der Waals surface area contributed by atoms with Crippen molar-refractivity contribution < 1.29 is 9.13 Å². The quantitative estimate of drug-likeness (QED) is 0.908. The largest absolute Gasteiger partial charge is 0.494 e. The highest BCUT2D eigenvalue weighted by Crippen LogP contribution is 2.31. The molecule has 0 fully saturated rings. The monoisotopic (exact) mass is 274 g/mol. The molecule has 4 heteroatoms. The van der Waals surface area contributed by atoms with Crippen LogP contribution in [0, 0.1) is 5.82 Å². The second kappa shape index (κ2) is 6.48. The third kappa shape index (κ3) is 2.96. The lowest BCUT2D eigenvalue weighted by Gasteiger charge is -2.24. The number of aromatic nitrogens is 1.